The number of hydrogen-bond donors (Lipinski definition) is 2. The van der Waals surface area contributed by atoms with Gasteiger partial charge in [-0.2, -0.15) is 4.31 Å². The lowest BCUT2D eigenvalue weighted by atomic mass is 10.2. The van der Waals surface area contributed by atoms with Crippen molar-refractivity contribution in [2.24, 2.45) is 0 Å². The maximum atomic E-state index is 12.4. The Morgan fingerprint density at radius 1 is 1.31 bits per heavy atom. The average Bonchev–Trinajstić information content (AvgIpc) is 2.60. The SMILES string of the molecule is C=CCOCC(NC(=O)c1ccc(S(=O)(=O)N(C)C(C)C)cc1)C(=O)O. The van der Waals surface area contributed by atoms with Gasteiger partial charge in [0.25, 0.3) is 5.91 Å². The molecule has 1 aromatic carbocycles. The van der Waals surface area contributed by atoms with Gasteiger partial charge in [-0.05, 0) is 38.1 Å². The van der Waals surface area contributed by atoms with Crippen molar-refractivity contribution in [3.63, 3.8) is 0 Å². The Hall–Kier alpha value is -2.23. The van der Waals surface area contributed by atoms with Crippen molar-refractivity contribution >= 4 is 21.9 Å². The van der Waals surface area contributed by atoms with Crippen LogP contribution in [0.3, 0.4) is 0 Å². The fourth-order valence-electron chi connectivity index (χ4n) is 1.91. The van der Waals surface area contributed by atoms with E-state index in [1.165, 1.54) is 41.7 Å². The van der Waals surface area contributed by atoms with E-state index in [0.29, 0.717) is 0 Å². The molecule has 1 atom stereocenters. The third-order valence-electron chi connectivity index (χ3n) is 3.64. The maximum absolute atomic E-state index is 12.4. The summed E-state index contributed by atoms with van der Waals surface area (Å²) in [5.74, 6) is -1.87. The Labute approximate surface area is 153 Å². The number of aliphatic carboxylic acids is 1. The van der Waals surface area contributed by atoms with Crippen molar-refractivity contribution in [2.75, 3.05) is 20.3 Å². The van der Waals surface area contributed by atoms with E-state index in [0.717, 1.165) is 0 Å². The first kappa shape index (κ1) is 21.8. The zero-order chi connectivity index (χ0) is 19.9. The molecule has 8 nitrogen and oxygen atoms in total. The fourth-order valence-corrected chi connectivity index (χ4v) is 3.28. The molecule has 26 heavy (non-hydrogen) atoms. The number of rotatable bonds is 10. The molecule has 9 heteroatoms. The number of sulfonamides is 1. The lowest BCUT2D eigenvalue weighted by Gasteiger charge is -2.21. The van der Waals surface area contributed by atoms with Gasteiger partial charge in [0, 0.05) is 18.7 Å². The highest BCUT2D eigenvalue weighted by Crippen LogP contribution is 2.17. The molecule has 0 saturated heterocycles. The van der Waals surface area contributed by atoms with Crippen LogP contribution < -0.4 is 5.32 Å². The van der Waals surface area contributed by atoms with Gasteiger partial charge in [0.2, 0.25) is 10.0 Å². The molecule has 144 valence electrons. The van der Waals surface area contributed by atoms with Gasteiger partial charge in [0.1, 0.15) is 0 Å². The second-order valence-corrected chi connectivity index (χ2v) is 7.83. The Bertz CT molecular complexity index is 743. The molecule has 1 amide bonds. The first-order valence-corrected chi connectivity index (χ1v) is 9.35. The first-order chi connectivity index (χ1) is 12.1. The van der Waals surface area contributed by atoms with E-state index in [2.05, 4.69) is 11.9 Å². The summed E-state index contributed by atoms with van der Waals surface area (Å²) in [5, 5.41) is 11.5. The summed E-state index contributed by atoms with van der Waals surface area (Å²) in [6.45, 7) is 6.90. The number of carbonyl (C=O) groups excluding carboxylic acids is 1. The van der Waals surface area contributed by atoms with Gasteiger partial charge < -0.3 is 15.2 Å². The Morgan fingerprint density at radius 2 is 1.88 bits per heavy atom. The number of carboxylic acids is 1. The lowest BCUT2D eigenvalue weighted by Crippen LogP contribution is -2.44. The molecule has 2 N–H and O–H groups in total. The zero-order valence-electron chi connectivity index (χ0n) is 15.0. The predicted molar refractivity (Wildman–Crippen MR) is 96.4 cm³/mol. The van der Waals surface area contributed by atoms with Gasteiger partial charge in [0.15, 0.2) is 6.04 Å². The normalized spacial score (nSPS) is 12.8. The number of carbonyl (C=O) groups is 2. The molecule has 1 aromatic rings. The molecule has 0 spiro atoms. The van der Waals surface area contributed by atoms with Gasteiger partial charge in [0.05, 0.1) is 18.1 Å². The Kier molecular flexibility index (Phi) is 7.94. The van der Waals surface area contributed by atoms with Crippen LogP contribution in [0.15, 0.2) is 41.8 Å². The molecule has 1 rings (SSSR count). The van der Waals surface area contributed by atoms with Crippen LogP contribution in [0.2, 0.25) is 0 Å². The van der Waals surface area contributed by atoms with Crippen LogP contribution in [0.1, 0.15) is 24.2 Å². The van der Waals surface area contributed by atoms with Crippen LogP contribution in [0, 0.1) is 0 Å². The molecule has 0 bridgehead atoms. The van der Waals surface area contributed by atoms with Crippen LogP contribution >= 0.6 is 0 Å². The highest BCUT2D eigenvalue weighted by atomic mass is 32.2. The largest absolute Gasteiger partial charge is 0.480 e. The Morgan fingerprint density at radius 3 is 2.35 bits per heavy atom. The minimum absolute atomic E-state index is 0.0503. The molecular formula is C17H24N2O6S. The van der Waals surface area contributed by atoms with Crippen molar-refractivity contribution in [3.05, 3.63) is 42.5 Å². The molecular weight excluding hydrogens is 360 g/mol. The number of ether oxygens (including phenoxy) is 1. The highest BCUT2D eigenvalue weighted by molar-refractivity contribution is 7.89. The second-order valence-electron chi connectivity index (χ2n) is 5.83. The third-order valence-corrected chi connectivity index (χ3v) is 5.69. The van der Waals surface area contributed by atoms with E-state index in [1.54, 1.807) is 13.8 Å². The van der Waals surface area contributed by atoms with Gasteiger partial charge in [-0.25, -0.2) is 13.2 Å². The number of hydrogen-bond acceptors (Lipinski definition) is 5. The van der Waals surface area contributed by atoms with Crippen molar-refractivity contribution in [1.82, 2.24) is 9.62 Å². The van der Waals surface area contributed by atoms with E-state index < -0.39 is 27.9 Å². The average molecular weight is 384 g/mol. The van der Waals surface area contributed by atoms with Crippen molar-refractivity contribution < 1.29 is 27.9 Å². The second kappa shape index (κ2) is 9.46. The highest BCUT2D eigenvalue weighted by Gasteiger charge is 2.24. The minimum atomic E-state index is -3.65. The lowest BCUT2D eigenvalue weighted by molar-refractivity contribution is -0.140. The molecule has 0 aliphatic rings. The quantitative estimate of drug-likeness (QED) is 0.461. The van der Waals surface area contributed by atoms with Gasteiger partial charge in [-0.15, -0.1) is 6.58 Å². The summed E-state index contributed by atoms with van der Waals surface area (Å²) in [6, 6.07) is 3.85. The van der Waals surface area contributed by atoms with Crippen molar-refractivity contribution in [1.29, 1.82) is 0 Å². The van der Waals surface area contributed by atoms with E-state index in [-0.39, 0.29) is 29.7 Å². The summed E-state index contributed by atoms with van der Waals surface area (Å²) in [4.78, 5) is 23.4. The summed E-state index contributed by atoms with van der Waals surface area (Å²) < 4.78 is 31.1. The number of benzene rings is 1. The van der Waals surface area contributed by atoms with Crippen LogP contribution in [0.4, 0.5) is 0 Å². The number of nitrogens with zero attached hydrogens (tertiary/aromatic N) is 1. The monoisotopic (exact) mass is 384 g/mol. The predicted octanol–water partition coefficient (Wildman–Crippen LogP) is 1.10. The minimum Gasteiger partial charge on any atom is -0.480 e. The fraction of sp³-hybridized carbons (Fsp3) is 0.412. The number of carboxylic acid groups (broad SMARTS) is 1. The summed E-state index contributed by atoms with van der Waals surface area (Å²) >= 11 is 0. The van der Waals surface area contributed by atoms with Crippen LogP contribution in [0.5, 0.6) is 0 Å². The number of nitrogens with one attached hydrogen (secondary N) is 1. The third kappa shape index (κ3) is 5.65. The molecule has 0 aliphatic carbocycles. The van der Waals surface area contributed by atoms with E-state index >= 15 is 0 Å². The zero-order valence-corrected chi connectivity index (χ0v) is 15.8. The van der Waals surface area contributed by atoms with Crippen LogP contribution in [-0.4, -0.2) is 62.1 Å². The molecule has 0 radical (unpaired) electrons. The summed E-state index contributed by atoms with van der Waals surface area (Å²) in [6.07, 6.45) is 1.47. The molecule has 0 aliphatic heterocycles. The van der Waals surface area contributed by atoms with Gasteiger partial charge in [-0.1, -0.05) is 6.08 Å². The van der Waals surface area contributed by atoms with E-state index in [9.17, 15) is 18.0 Å². The summed E-state index contributed by atoms with van der Waals surface area (Å²) in [7, 11) is -2.18. The number of amides is 1. The Balaban J connectivity index is 2.88. The molecule has 0 saturated carbocycles. The van der Waals surface area contributed by atoms with Crippen molar-refractivity contribution in [2.45, 2.75) is 30.8 Å². The van der Waals surface area contributed by atoms with Crippen LogP contribution in [-0.2, 0) is 19.6 Å². The van der Waals surface area contributed by atoms with Crippen molar-refractivity contribution in [3.8, 4) is 0 Å². The molecule has 0 fully saturated rings. The van der Waals surface area contributed by atoms with E-state index in [1.807, 2.05) is 0 Å². The molecule has 1 unspecified atom stereocenters. The van der Waals surface area contributed by atoms with Gasteiger partial charge in [-0.3, -0.25) is 4.79 Å². The molecule has 0 aromatic heterocycles. The topological polar surface area (TPSA) is 113 Å². The van der Waals surface area contributed by atoms with E-state index in [4.69, 9.17) is 9.84 Å². The molecule has 0 heterocycles. The smallest absolute Gasteiger partial charge is 0.328 e. The maximum Gasteiger partial charge on any atom is 0.328 e. The standard InChI is InChI=1S/C17H24N2O6S/c1-5-10-25-11-15(17(21)22)18-16(20)13-6-8-14(9-7-13)26(23,24)19(4)12(2)3/h5-9,12,15H,1,10-11H2,2-4H3,(H,18,20)(H,21,22). The first-order valence-electron chi connectivity index (χ1n) is 7.91. The van der Waals surface area contributed by atoms with Crippen LogP contribution in [0.25, 0.3) is 0 Å². The summed E-state index contributed by atoms with van der Waals surface area (Å²) in [5.41, 5.74) is 0.145. The van der Waals surface area contributed by atoms with Gasteiger partial charge >= 0.3 is 5.97 Å².